The second-order valence-electron chi connectivity index (χ2n) is 4.94. The summed E-state index contributed by atoms with van der Waals surface area (Å²) in [6, 6.07) is 6.43. The molecule has 2 unspecified atom stereocenters. The lowest BCUT2D eigenvalue weighted by molar-refractivity contribution is 0.413. The normalized spacial score (nSPS) is 24.6. The van der Waals surface area contributed by atoms with Gasteiger partial charge in [0.2, 0.25) is 0 Å². The molecule has 2 atom stereocenters. The molecule has 0 aliphatic heterocycles. The van der Waals surface area contributed by atoms with Crippen LogP contribution in [0.15, 0.2) is 18.2 Å². The molecule has 0 amide bonds. The first-order valence-electron chi connectivity index (χ1n) is 6.06. The Labute approximate surface area is 111 Å². The van der Waals surface area contributed by atoms with Crippen LogP contribution in [0.25, 0.3) is 11.0 Å². The average molecular weight is 267 g/mol. The van der Waals surface area contributed by atoms with Gasteiger partial charge in [-0.2, -0.15) is 0 Å². The van der Waals surface area contributed by atoms with Crippen LogP contribution < -0.4 is 0 Å². The number of aromatic amines is 1. The van der Waals surface area contributed by atoms with E-state index in [-0.39, 0.29) is 0 Å². The molecule has 1 aliphatic carbocycles. The zero-order chi connectivity index (χ0) is 12.0. The Morgan fingerprint density at radius 2 is 2.24 bits per heavy atom. The molecule has 1 heterocycles. The Balaban J connectivity index is 2.24. The van der Waals surface area contributed by atoms with Crippen molar-refractivity contribution in [3.63, 3.8) is 0 Å². The highest BCUT2D eigenvalue weighted by Crippen LogP contribution is 2.37. The highest BCUT2D eigenvalue weighted by atomic mass is 35.5. The molecule has 3 rings (SSSR count). The Morgan fingerprint density at radius 3 is 2.94 bits per heavy atom. The maximum atomic E-state index is 6.08. The molecule has 1 saturated carbocycles. The van der Waals surface area contributed by atoms with Gasteiger partial charge in [0.15, 0.2) is 4.77 Å². The minimum atomic E-state index is 0.523. The number of halogens is 1. The lowest BCUT2D eigenvalue weighted by Crippen LogP contribution is -2.11. The smallest absolute Gasteiger partial charge is 0.178 e. The molecule has 0 saturated heterocycles. The summed E-state index contributed by atoms with van der Waals surface area (Å²) in [5.74, 6) is 0.694. The third-order valence-electron chi connectivity index (χ3n) is 3.83. The largest absolute Gasteiger partial charge is 0.331 e. The van der Waals surface area contributed by atoms with E-state index in [1.807, 2.05) is 18.2 Å². The zero-order valence-corrected chi connectivity index (χ0v) is 11.3. The minimum absolute atomic E-state index is 0.523. The van der Waals surface area contributed by atoms with Crippen LogP contribution in [0.4, 0.5) is 0 Å². The number of imidazole rings is 1. The van der Waals surface area contributed by atoms with Crippen LogP contribution in [-0.4, -0.2) is 9.55 Å². The number of hydrogen-bond donors (Lipinski definition) is 1. The Morgan fingerprint density at radius 1 is 1.41 bits per heavy atom. The van der Waals surface area contributed by atoms with Gasteiger partial charge in [-0.3, -0.25) is 0 Å². The van der Waals surface area contributed by atoms with Crippen molar-refractivity contribution >= 4 is 34.9 Å². The van der Waals surface area contributed by atoms with Crippen LogP contribution in [0.1, 0.15) is 32.2 Å². The van der Waals surface area contributed by atoms with Crippen molar-refractivity contribution < 1.29 is 0 Å². The molecular weight excluding hydrogens is 252 g/mol. The van der Waals surface area contributed by atoms with Crippen LogP contribution in [0.5, 0.6) is 0 Å². The lowest BCUT2D eigenvalue weighted by atomic mass is 10.1. The Hall–Kier alpha value is -0.800. The van der Waals surface area contributed by atoms with E-state index in [0.717, 1.165) is 20.8 Å². The highest BCUT2D eigenvalue weighted by Gasteiger charge is 2.26. The van der Waals surface area contributed by atoms with Crippen molar-refractivity contribution in [2.45, 2.75) is 32.2 Å². The fourth-order valence-electron chi connectivity index (χ4n) is 2.93. The molecular formula is C13H15ClN2S. The highest BCUT2D eigenvalue weighted by molar-refractivity contribution is 7.71. The van der Waals surface area contributed by atoms with Gasteiger partial charge < -0.3 is 9.55 Å². The molecule has 1 aliphatic rings. The van der Waals surface area contributed by atoms with Crippen molar-refractivity contribution in [2.75, 3.05) is 0 Å². The number of aromatic nitrogens is 2. The number of fused-ring (bicyclic) bond motifs is 1. The third-order valence-corrected chi connectivity index (χ3v) is 4.36. The second-order valence-corrected chi connectivity index (χ2v) is 5.76. The molecule has 0 spiro atoms. The van der Waals surface area contributed by atoms with Crippen LogP contribution in [0, 0.1) is 10.7 Å². The number of rotatable bonds is 1. The first kappa shape index (κ1) is 11.3. The van der Waals surface area contributed by atoms with Gasteiger partial charge in [0.25, 0.3) is 0 Å². The molecule has 0 bridgehead atoms. The fraction of sp³-hybridized carbons (Fsp3) is 0.462. The van der Waals surface area contributed by atoms with E-state index in [4.69, 9.17) is 23.8 Å². The van der Waals surface area contributed by atoms with E-state index in [1.165, 1.54) is 19.3 Å². The summed E-state index contributed by atoms with van der Waals surface area (Å²) in [6.07, 6.45) is 3.80. The number of hydrogen-bond acceptors (Lipinski definition) is 1. The topological polar surface area (TPSA) is 20.7 Å². The summed E-state index contributed by atoms with van der Waals surface area (Å²) in [6.45, 7) is 2.31. The van der Waals surface area contributed by atoms with Gasteiger partial charge in [-0.25, -0.2) is 0 Å². The van der Waals surface area contributed by atoms with Crippen molar-refractivity contribution in [1.29, 1.82) is 0 Å². The predicted octanol–water partition coefficient (Wildman–Crippen LogP) is 4.71. The first-order valence-corrected chi connectivity index (χ1v) is 6.85. The summed E-state index contributed by atoms with van der Waals surface area (Å²) < 4.78 is 3.08. The molecule has 4 heteroatoms. The molecule has 2 nitrogen and oxygen atoms in total. The number of H-pyrrole nitrogens is 1. The molecule has 17 heavy (non-hydrogen) atoms. The average Bonchev–Trinajstić information content (AvgIpc) is 2.81. The summed E-state index contributed by atoms with van der Waals surface area (Å²) in [5.41, 5.74) is 2.22. The van der Waals surface area contributed by atoms with Crippen molar-refractivity contribution in [3.05, 3.63) is 28.0 Å². The summed E-state index contributed by atoms with van der Waals surface area (Å²) >= 11 is 11.5. The fourth-order valence-corrected chi connectivity index (χ4v) is 3.44. The van der Waals surface area contributed by atoms with Gasteiger partial charge in [-0.1, -0.05) is 24.9 Å². The quantitative estimate of drug-likeness (QED) is 0.741. The summed E-state index contributed by atoms with van der Waals surface area (Å²) in [5, 5.41) is 0.769. The van der Waals surface area contributed by atoms with Gasteiger partial charge >= 0.3 is 0 Å². The second kappa shape index (κ2) is 4.14. The Kier molecular flexibility index (Phi) is 2.75. The molecule has 1 aromatic carbocycles. The van der Waals surface area contributed by atoms with Crippen LogP contribution >= 0.6 is 23.8 Å². The van der Waals surface area contributed by atoms with Crippen molar-refractivity contribution in [1.82, 2.24) is 9.55 Å². The zero-order valence-electron chi connectivity index (χ0n) is 9.74. The summed E-state index contributed by atoms with van der Waals surface area (Å²) in [4.78, 5) is 3.27. The third kappa shape index (κ3) is 1.81. The van der Waals surface area contributed by atoms with Gasteiger partial charge in [-0.15, -0.1) is 0 Å². The van der Waals surface area contributed by atoms with E-state index in [9.17, 15) is 0 Å². The monoisotopic (exact) mass is 266 g/mol. The Bertz CT molecular complexity index is 613. The molecule has 90 valence electrons. The van der Waals surface area contributed by atoms with E-state index < -0.39 is 0 Å². The van der Waals surface area contributed by atoms with Crippen LogP contribution in [0.3, 0.4) is 0 Å². The molecule has 1 N–H and O–H groups in total. The first-order chi connectivity index (χ1) is 8.16. The number of benzene rings is 1. The predicted molar refractivity (Wildman–Crippen MR) is 74.2 cm³/mol. The molecule has 2 aromatic rings. The van der Waals surface area contributed by atoms with Crippen molar-refractivity contribution in [3.8, 4) is 0 Å². The standard InChI is InChI=1S/C13H15ClN2S/c1-8-3-2-4-11(8)16-12-7-9(14)5-6-10(12)15-13(16)17/h5-8,11H,2-4H2,1H3,(H,15,17). The molecule has 1 aromatic heterocycles. The van der Waals surface area contributed by atoms with Gasteiger partial charge in [-0.05, 0) is 49.2 Å². The van der Waals surface area contributed by atoms with Crippen LogP contribution in [-0.2, 0) is 0 Å². The molecule has 0 radical (unpaired) electrons. The lowest BCUT2D eigenvalue weighted by Gasteiger charge is -2.18. The maximum Gasteiger partial charge on any atom is 0.178 e. The van der Waals surface area contributed by atoms with E-state index in [2.05, 4.69) is 16.5 Å². The number of nitrogens with one attached hydrogen (secondary N) is 1. The van der Waals surface area contributed by atoms with Gasteiger partial charge in [0.1, 0.15) is 0 Å². The SMILES string of the molecule is CC1CCCC1n1c(=S)[nH]c2ccc(Cl)cc21. The minimum Gasteiger partial charge on any atom is -0.331 e. The van der Waals surface area contributed by atoms with Crippen LogP contribution in [0.2, 0.25) is 5.02 Å². The van der Waals surface area contributed by atoms with E-state index in [1.54, 1.807) is 0 Å². The van der Waals surface area contributed by atoms with E-state index in [0.29, 0.717) is 12.0 Å². The maximum absolute atomic E-state index is 6.08. The van der Waals surface area contributed by atoms with Crippen molar-refractivity contribution in [2.24, 2.45) is 5.92 Å². The molecule has 1 fully saturated rings. The number of nitrogens with zero attached hydrogens (tertiary/aromatic N) is 1. The van der Waals surface area contributed by atoms with E-state index >= 15 is 0 Å². The van der Waals surface area contributed by atoms with Gasteiger partial charge in [0, 0.05) is 11.1 Å². The van der Waals surface area contributed by atoms with Gasteiger partial charge in [0.05, 0.1) is 11.0 Å². The summed E-state index contributed by atoms with van der Waals surface area (Å²) in [7, 11) is 0.